The van der Waals surface area contributed by atoms with E-state index in [0.717, 1.165) is 19.0 Å². The molecule has 1 aromatic rings. The average Bonchev–Trinajstić information content (AvgIpc) is 3.07. The third-order valence-electron chi connectivity index (χ3n) is 4.77. The number of hydrogen-bond donors (Lipinski definition) is 1. The Kier molecular flexibility index (Phi) is 4.82. The fraction of sp³-hybridized carbons (Fsp3) is 0.733. The van der Waals surface area contributed by atoms with Gasteiger partial charge in [-0.1, -0.05) is 6.92 Å². The molecule has 1 aromatic heterocycles. The minimum absolute atomic E-state index is 0.230. The van der Waals surface area contributed by atoms with Crippen molar-refractivity contribution in [3.63, 3.8) is 0 Å². The quantitative estimate of drug-likeness (QED) is 0.898. The molecule has 5 heteroatoms. The number of nitrogens with zero attached hydrogens (tertiary/aromatic N) is 2. The van der Waals surface area contributed by atoms with Gasteiger partial charge in [-0.2, -0.15) is 0 Å². The highest BCUT2D eigenvalue weighted by Crippen LogP contribution is 2.35. The molecule has 2 saturated heterocycles. The van der Waals surface area contributed by atoms with Gasteiger partial charge in [0, 0.05) is 36.6 Å². The van der Waals surface area contributed by atoms with Gasteiger partial charge >= 0.3 is 0 Å². The Morgan fingerprint density at radius 3 is 2.95 bits per heavy atom. The zero-order valence-electron chi connectivity index (χ0n) is 12.1. The van der Waals surface area contributed by atoms with Crippen molar-refractivity contribution in [2.24, 2.45) is 5.73 Å². The van der Waals surface area contributed by atoms with Gasteiger partial charge in [-0.05, 0) is 53.9 Å². The topological polar surface area (TPSA) is 32.5 Å². The fourth-order valence-electron chi connectivity index (χ4n) is 3.64. The summed E-state index contributed by atoms with van der Waals surface area (Å²) in [5, 5.41) is 0. The van der Waals surface area contributed by atoms with Gasteiger partial charge in [0.1, 0.15) is 0 Å². The number of halogens is 1. The zero-order chi connectivity index (χ0) is 14.1. The van der Waals surface area contributed by atoms with Gasteiger partial charge in [-0.15, -0.1) is 11.3 Å². The molecular weight excluding hydrogens is 334 g/mol. The maximum atomic E-state index is 6.46. The maximum Gasteiger partial charge on any atom is 0.0702 e. The number of hydrogen-bond acceptors (Lipinski definition) is 4. The predicted octanol–water partition coefficient (Wildman–Crippen LogP) is 3.07. The van der Waals surface area contributed by atoms with E-state index < -0.39 is 0 Å². The van der Waals surface area contributed by atoms with E-state index in [4.69, 9.17) is 5.73 Å². The summed E-state index contributed by atoms with van der Waals surface area (Å²) in [4.78, 5) is 6.71. The lowest BCUT2D eigenvalue weighted by Crippen LogP contribution is -2.53. The summed E-state index contributed by atoms with van der Waals surface area (Å²) in [6, 6.07) is 5.78. The molecule has 0 spiro atoms. The van der Waals surface area contributed by atoms with Gasteiger partial charge in [0.05, 0.1) is 9.83 Å². The van der Waals surface area contributed by atoms with Gasteiger partial charge in [0.2, 0.25) is 0 Å². The summed E-state index contributed by atoms with van der Waals surface area (Å²) < 4.78 is 1.21. The van der Waals surface area contributed by atoms with Crippen LogP contribution in [0.25, 0.3) is 0 Å². The van der Waals surface area contributed by atoms with Crippen molar-refractivity contribution in [2.75, 3.05) is 26.2 Å². The molecular formula is C15H24BrN3S. The molecule has 0 amide bonds. The van der Waals surface area contributed by atoms with Crippen LogP contribution in [0.4, 0.5) is 0 Å². The van der Waals surface area contributed by atoms with Crippen LogP contribution in [-0.4, -0.2) is 48.1 Å². The molecule has 20 heavy (non-hydrogen) atoms. The van der Waals surface area contributed by atoms with Gasteiger partial charge < -0.3 is 5.73 Å². The van der Waals surface area contributed by atoms with Crippen molar-refractivity contribution < 1.29 is 0 Å². The fourth-order valence-corrected chi connectivity index (χ4v) is 5.27. The summed E-state index contributed by atoms with van der Waals surface area (Å²) >= 11 is 5.43. The lowest BCUT2D eigenvalue weighted by Gasteiger charge is -2.43. The summed E-state index contributed by atoms with van der Waals surface area (Å²) in [5.41, 5.74) is 6.46. The summed E-state index contributed by atoms with van der Waals surface area (Å²) in [5.74, 6) is 0. The van der Waals surface area contributed by atoms with Crippen molar-refractivity contribution in [1.29, 1.82) is 0 Å². The molecule has 3 heterocycles. The van der Waals surface area contributed by atoms with E-state index >= 15 is 0 Å². The van der Waals surface area contributed by atoms with Gasteiger partial charge in [-0.3, -0.25) is 9.80 Å². The molecule has 3 rings (SSSR count). The number of nitrogens with two attached hydrogens (primary N) is 1. The molecule has 0 aliphatic carbocycles. The van der Waals surface area contributed by atoms with Crippen molar-refractivity contribution in [3.8, 4) is 0 Å². The SMILES string of the molecule is CCC(N)C(c1ccc(Br)s1)N1CCN2CCCC2C1. The van der Waals surface area contributed by atoms with Crippen LogP contribution < -0.4 is 5.73 Å². The molecule has 0 bridgehead atoms. The van der Waals surface area contributed by atoms with Crippen LogP contribution in [0, 0.1) is 0 Å². The standard InChI is InChI=1S/C15H24BrN3S/c1-2-12(17)15(13-5-6-14(16)20-13)19-9-8-18-7-3-4-11(18)10-19/h5-6,11-12,15H,2-4,7-10,17H2,1H3. The van der Waals surface area contributed by atoms with Crippen LogP contribution in [0.2, 0.25) is 0 Å². The van der Waals surface area contributed by atoms with E-state index in [2.05, 4.69) is 44.8 Å². The lowest BCUT2D eigenvalue weighted by molar-refractivity contribution is 0.0621. The predicted molar refractivity (Wildman–Crippen MR) is 89.2 cm³/mol. The Balaban J connectivity index is 1.78. The Morgan fingerprint density at radius 1 is 1.40 bits per heavy atom. The van der Waals surface area contributed by atoms with E-state index in [9.17, 15) is 0 Å². The molecule has 3 nitrogen and oxygen atoms in total. The first-order valence-electron chi connectivity index (χ1n) is 7.68. The third kappa shape index (κ3) is 2.97. The van der Waals surface area contributed by atoms with Gasteiger partial charge in [-0.25, -0.2) is 0 Å². The van der Waals surface area contributed by atoms with Crippen molar-refractivity contribution in [3.05, 3.63) is 20.8 Å². The third-order valence-corrected chi connectivity index (χ3v) is 6.47. The highest BCUT2D eigenvalue weighted by molar-refractivity contribution is 9.11. The Morgan fingerprint density at radius 2 is 2.25 bits per heavy atom. The summed E-state index contributed by atoms with van der Waals surface area (Å²) in [6.45, 7) is 7.06. The molecule has 3 unspecified atom stereocenters. The van der Waals surface area contributed by atoms with Gasteiger partial charge in [0.15, 0.2) is 0 Å². The van der Waals surface area contributed by atoms with E-state index in [1.165, 1.54) is 41.1 Å². The van der Waals surface area contributed by atoms with E-state index in [1.807, 2.05) is 11.3 Å². The number of fused-ring (bicyclic) bond motifs is 1. The average molecular weight is 358 g/mol. The van der Waals surface area contributed by atoms with Crippen LogP contribution in [0.5, 0.6) is 0 Å². The number of thiophene rings is 1. The normalized spacial score (nSPS) is 27.4. The molecule has 2 aliphatic heterocycles. The van der Waals surface area contributed by atoms with Crippen LogP contribution in [0.15, 0.2) is 15.9 Å². The molecule has 2 fully saturated rings. The second-order valence-electron chi connectivity index (χ2n) is 5.99. The maximum absolute atomic E-state index is 6.46. The van der Waals surface area contributed by atoms with Crippen molar-refractivity contribution in [2.45, 2.75) is 44.3 Å². The lowest BCUT2D eigenvalue weighted by atomic mass is 10.0. The van der Waals surface area contributed by atoms with Gasteiger partial charge in [0.25, 0.3) is 0 Å². The van der Waals surface area contributed by atoms with Crippen molar-refractivity contribution in [1.82, 2.24) is 9.80 Å². The molecule has 112 valence electrons. The largest absolute Gasteiger partial charge is 0.326 e. The monoisotopic (exact) mass is 357 g/mol. The zero-order valence-corrected chi connectivity index (χ0v) is 14.5. The Hall–Kier alpha value is 0.0600. The molecule has 3 atom stereocenters. The van der Waals surface area contributed by atoms with Crippen LogP contribution >= 0.6 is 27.3 Å². The summed E-state index contributed by atoms with van der Waals surface area (Å²) in [7, 11) is 0. The number of piperazine rings is 1. The van der Waals surface area contributed by atoms with E-state index in [0.29, 0.717) is 6.04 Å². The molecule has 2 aliphatic rings. The Labute approximate surface area is 134 Å². The molecule has 0 aromatic carbocycles. The van der Waals surface area contributed by atoms with Crippen LogP contribution in [0.1, 0.15) is 37.1 Å². The highest BCUT2D eigenvalue weighted by atomic mass is 79.9. The second-order valence-corrected chi connectivity index (χ2v) is 8.48. The minimum atomic E-state index is 0.230. The van der Waals surface area contributed by atoms with Crippen LogP contribution in [0.3, 0.4) is 0 Å². The second kappa shape index (κ2) is 6.44. The smallest absolute Gasteiger partial charge is 0.0702 e. The Bertz CT molecular complexity index is 450. The number of rotatable bonds is 4. The van der Waals surface area contributed by atoms with E-state index in [-0.39, 0.29) is 6.04 Å². The first-order chi connectivity index (χ1) is 9.69. The van der Waals surface area contributed by atoms with Crippen molar-refractivity contribution >= 4 is 27.3 Å². The van der Waals surface area contributed by atoms with E-state index in [1.54, 1.807) is 0 Å². The summed E-state index contributed by atoms with van der Waals surface area (Å²) in [6.07, 6.45) is 3.76. The molecule has 0 radical (unpaired) electrons. The van der Waals surface area contributed by atoms with Crippen LogP contribution in [-0.2, 0) is 0 Å². The first-order valence-corrected chi connectivity index (χ1v) is 9.29. The molecule has 0 saturated carbocycles. The highest BCUT2D eigenvalue weighted by Gasteiger charge is 2.36. The first kappa shape index (κ1) is 15.0. The molecule has 2 N–H and O–H groups in total. The minimum Gasteiger partial charge on any atom is -0.326 e.